The predicted molar refractivity (Wildman–Crippen MR) is 78.3 cm³/mol. The molecule has 0 amide bonds. The van der Waals surface area contributed by atoms with Gasteiger partial charge in [-0.15, -0.1) is 6.58 Å². The van der Waals surface area contributed by atoms with Crippen LogP contribution in [0.15, 0.2) is 12.7 Å². The van der Waals surface area contributed by atoms with Gasteiger partial charge in [-0.2, -0.15) is 0 Å². The van der Waals surface area contributed by atoms with E-state index in [1.54, 1.807) is 31.5 Å². The summed E-state index contributed by atoms with van der Waals surface area (Å²) >= 11 is 5.09. The molecule has 1 rings (SSSR count). The molecule has 0 aliphatic rings. The van der Waals surface area contributed by atoms with Crippen molar-refractivity contribution < 1.29 is 9.53 Å². The van der Waals surface area contributed by atoms with Crippen LogP contribution in [0.5, 0.6) is 0 Å². The number of carbonyl (C=O) groups is 1. The second-order valence-corrected chi connectivity index (χ2v) is 4.17. The van der Waals surface area contributed by atoms with Gasteiger partial charge in [0.2, 0.25) is 0 Å². The first-order valence-corrected chi connectivity index (χ1v) is 6.28. The molecule has 6 nitrogen and oxygen atoms in total. The molecule has 0 saturated carbocycles. The number of anilines is 1. The summed E-state index contributed by atoms with van der Waals surface area (Å²) in [5.41, 5.74) is 0.349. The highest BCUT2D eigenvalue weighted by atomic mass is 32.1. The van der Waals surface area contributed by atoms with Gasteiger partial charge in [-0.1, -0.05) is 6.08 Å². The molecule has 0 bridgehead atoms. The summed E-state index contributed by atoms with van der Waals surface area (Å²) in [6.45, 7) is 7.98. The Kier molecular flexibility index (Phi) is 5.50. The Morgan fingerprint density at radius 3 is 2.89 bits per heavy atom. The van der Waals surface area contributed by atoms with Crippen LogP contribution >= 0.6 is 12.2 Å². The molecule has 0 aromatic carbocycles. The first-order chi connectivity index (χ1) is 9.01. The molecule has 0 aliphatic heterocycles. The molecular formula is C12H18N4O2S. The van der Waals surface area contributed by atoms with Crippen molar-refractivity contribution in [2.75, 3.05) is 18.5 Å². The minimum Gasteiger partial charge on any atom is -0.461 e. The van der Waals surface area contributed by atoms with Gasteiger partial charge in [-0.25, -0.2) is 9.78 Å². The van der Waals surface area contributed by atoms with Crippen LogP contribution in [0, 0.1) is 6.92 Å². The van der Waals surface area contributed by atoms with Crippen molar-refractivity contribution in [2.45, 2.75) is 13.8 Å². The van der Waals surface area contributed by atoms with Crippen LogP contribution in [0.2, 0.25) is 0 Å². The number of imidazole rings is 1. The quantitative estimate of drug-likeness (QED) is 0.483. The zero-order valence-electron chi connectivity index (χ0n) is 11.3. The van der Waals surface area contributed by atoms with Gasteiger partial charge in [0, 0.05) is 13.6 Å². The van der Waals surface area contributed by atoms with Crippen LogP contribution in [-0.4, -0.2) is 33.8 Å². The number of nitrogens with one attached hydrogen (secondary N) is 2. The molecule has 1 heterocycles. The zero-order chi connectivity index (χ0) is 14.4. The lowest BCUT2D eigenvalue weighted by molar-refractivity contribution is 0.0516. The molecule has 0 saturated heterocycles. The molecule has 1 aromatic heterocycles. The van der Waals surface area contributed by atoms with Gasteiger partial charge >= 0.3 is 5.97 Å². The first-order valence-electron chi connectivity index (χ1n) is 5.87. The maximum Gasteiger partial charge on any atom is 0.358 e. The number of carbonyl (C=O) groups excluding carboxylic acids is 1. The second-order valence-electron chi connectivity index (χ2n) is 3.76. The number of ether oxygens (including phenoxy) is 1. The Hall–Kier alpha value is -1.89. The summed E-state index contributed by atoms with van der Waals surface area (Å²) < 4.78 is 6.67. The van der Waals surface area contributed by atoms with Crippen molar-refractivity contribution in [3.05, 3.63) is 24.2 Å². The van der Waals surface area contributed by atoms with E-state index >= 15 is 0 Å². The molecule has 7 heteroatoms. The Morgan fingerprint density at radius 2 is 2.32 bits per heavy atom. The molecule has 104 valence electrons. The maximum absolute atomic E-state index is 11.9. The lowest BCUT2D eigenvalue weighted by Gasteiger charge is -2.09. The van der Waals surface area contributed by atoms with Gasteiger partial charge in [0.15, 0.2) is 16.6 Å². The standard InChI is InChI=1S/C12H18N4O2S/c1-5-7-13-12(19)15-10-9(11(17)18-6-2)16(4)8(3)14-10/h5H,1,6-7H2,2-4H3,(H2,13,15,19). The van der Waals surface area contributed by atoms with Crippen molar-refractivity contribution in [1.29, 1.82) is 0 Å². The fourth-order valence-corrected chi connectivity index (χ4v) is 1.63. The topological polar surface area (TPSA) is 68.2 Å². The smallest absolute Gasteiger partial charge is 0.358 e. The van der Waals surface area contributed by atoms with Gasteiger partial charge in [-0.05, 0) is 26.1 Å². The van der Waals surface area contributed by atoms with Crippen LogP contribution in [0.4, 0.5) is 5.82 Å². The van der Waals surface area contributed by atoms with Crippen LogP contribution in [0.3, 0.4) is 0 Å². The summed E-state index contributed by atoms with van der Waals surface area (Å²) in [6, 6.07) is 0. The molecule has 0 radical (unpaired) electrons. The molecule has 0 atom stereocenters. The van der Waals surface area contributed by atoms with E-state index in [1.165, 1.54) is 0 Å². The zero-order valence-corrected chi connectivity index (χ0v) is 12.1. The third-order valence-electron chi connectivity index (χ3n) is 2.43. The van der Waals surface area contributed by atoms with Gasteiger partial charge in [0.25, 0.3) is 0 Å². The molecular weight excluding hydrogens is 264 g/mol. The average molecular weight is 282 g/mol. The Labute approximate surface area is 117 Å². The summed E-state index contributed by atoms with van der Waals surface area (Å²) in [5, 5.41) is 6.17. The highest BCUT2D eigenvalue weighted by Crippen LogP contribution is 2.16. The maximum atomic E-state index is 11.9. The summed E-state index contributed by atoms with van der Waals surface area (Å²) in [4.78, 5) is 16.2. The number of rotatable bonds is 5. The summed E-state index contributed by atoms with van der Waals surface area (Å²) in [6.07, 6.45) is 1.68. The van der Waals surface area contributed by atoms with Crippen LogP contribution < -0.4 is 10.6 Å². The second kappa shape index (κ2) is 6.89. The van der Waals surface area contributed by atoms with Crippen LogP contribution in [-0.2, 0) is 11.8 Å². The molecule has 0 fully saturated rings. The molecule has 19 heavy (non-hydrogen) atoms. The average Bonchev–Trinajstić information content (AvgIpc) is 2.62. The third-order valence-corrected chi connectivity index (χ3v) is 2.67. The van der Waals surface area contributed by atoms with Gasteiger partial charge in [0.1, 0.15) is 5.82 Å². The number of thiocarbonyl (C=S) groups is 1. The highest BCUT2D eigenvalue weighted by Gasteiger charge is 2.21. The Balaban J connectivity index is 2.94. The Bertz CT molecular complexity index is 496. The number of aromatic nitrogens is 2. The predicted octanol–water partition coefficient (Wildman–Crippen LogP) is 1.38. The van der Waals surface area contributed by atoms with Crippen LogP contribution in [0.25, 0.3) is 0 Å². The van der Waals surface area contributed by atoms with Crippen molar-refractivity contribution in [3.8, 4) is 0 Å². The minimum absolute atomic E-state index is 0.307. The SMILES string of the molecule is C=CCNC(=S)Nc1nc(C)n(C)c1C(=O)OCC. The van der Waals surface area contributed by atoms with Gasteiger partial charge in [-0.3, -0.25) is 0 Å². The van der Waals surface area contributed by atoms with E-state index in [1.807, 2.05) is 0 Å². The van der Waals surface area contributed by atoms with Crippen LogP contribution in [0.1, 0.15) is 23.2 Å². The van der Waals surface area contributed by atoms with E-state index in [9.17, 15) is 4.79 Å². The number of nitrogens with zero attached hydrogens (tertiary/aromatic N) is 2. The monoisotopic (exact) mass is 282 g/mol. The third kappa shape index (κ3) is 3.78. The highest BCUT2D eigenvalue weighted by molar-refractivity contribution is 7.80. The largest absolute Gasteiger partial charge is 0.461 e. The molecule has 0 spiro atoms. The summed E-state index contributed by atoms with van der Waals surface area (Å²) in [7, 11) is 1.75. The minimum atomic E-state index is -0.431. The van der Waals surface area contributed by atoms with E-state index < -0.39 is 5.97 Å². The Morgan fingerprint density at radius 1 is 1.63 bits per heavy atom. The molecule has 1 aromatic rings. The fourth-order valence-electron chi connectivity index (χ4n) is 1.45. The van der Waals surface area contributed by atoms with E-state index in [0.717, 1.165) is 0 Å². The fraction of sp³-hybridized carbons (Fsp3) is 0.417. The van der Waals surface area contributed by atoms with E-state index in [4.69, 9.17) is 17.0 Å². The number of hydrogen-bond acceptors (Lipinski definition) is 4. The number of esters is 1. The van der Waals surface area contributed by atoms with Gasteiger partial charge in [0.05, 0.1) is 6.61 Å². The number of aryl methyl sites for hydroxylation is 1. The van der Waals surface area contributed by atoms with Crippen molar-refractivity contribution in [2.24, 2.45) is 7.05 Å². The van der Waals surface area contributed by atoms with Crippen molar-refractivity contribution in [3.63, 3.8) is 0 Å². The van der Waals surface area contributed by atoms with Crippen molar-refractivity contribution in [1.82, 2.24) is 14.9 Å². The van der Waals surface area contributed by atoms with E-state index in [0.29, 0.717) is 35.6 Å². The lowest BCUT2D eigenvalue weighted by Crippen LogP contribution is -2.29. The molecule has 2 N–H and O–H groups in total. The lowest BCUT2D eigenvalue weighted by atomic mass is 10.4. The van der Waals surface area contributed by atoms with Gasteiger partial charge < -0.3 is 19.9 Å². The van der Waals surface area contributed by atoms with Crippen molar-refractivity contribution >= 4 is 29.1 Å². The normalized spacial score (nSPS) is 9.84. The summed E-state index contributed by atoms with van der Waals surface area (Å²) in [5.74, 6) is 0.650. The van der Waals surface area contributed by atoms with E-state index in [2.05, 4.69) is 22.2 Å². The van der Waals surface area contributed by atoms with E-state index in [-0.39, 0.29) is 0 Å². The molecule has 0 aliphatic carbocycles. The number of hydrogen-bond donors (Lipinski definition) is 2. The first kappa shape index (κ1) is 15.2. The molecule has 0 unspecified atom stereocenters.